The highest BCUT2D eigenvalue weighted by Gasteiger charge is 2.27. The van der Waals surface area contributed by atoms with Crippen LogP contribution in [0.3, 0.4) is 0 Å². The van der Waals surface area contributed by atoms with Gasteiger partial charge in [0.15, 0.2) is 0 Å². The average Bonchev–Trinajstić information content (AvgIpc) is 3.03. The summed E-state index contributed by atoms with van der Waals surface area (Å²) in [5.74, 6) is 0.782. The van der Waals surface area contributed by atoms with E-state index < -0.39 is 0 Å². The molecule has 1 unspecified atom stereocenters. The number of ether oxygens (including phenoxy) is 1. The van der Waals surface area contributed by atoms with E-state index in [9.17, 15) is 4.79 Å². The molecule has 1 aliphatic heterocycles. The van der Waals surface area contributed by atoms with Crippen LogP contribution in [0, 0.1) is 0 Å². The molecule has 1 aliphatic rings. The highest BCUT2D eigenvalue weighted by atomic mass is 16.5. The summed E-state index contributed by atoms with van der Waals surface area (Å²) in [6, 6.07) is 8.14. The van der Waals surface area contributed by atoms with E-state index in [1.54, 1.807) is 20.4 Å². The maximum absolute atomic E-state index is 12.0. The van der Waals surface area contributed by atoms with Gasteiger partial charge in [0.05, 0.1) is 18.8 Å². The molecule has 0 spiro atoms. The van der Waals surface area contributed by atoms with Gasteiger partial charge in [-0.3, -0.25) is 14.7 Å². The van der Waals surface area contributed by atoms with Gasteiger partial charge >= 0.3 is 0 Å². The van der Waals surface area contributed by atoms with Crippen molar-refractivity contribution in [1.29, 1.82) is 0 Å². The molecule has 0 bridgehead atoms. The molecule has 1 fully saturated rings. The first kappa shape index (κ1) is 17.5. The molecule has 1 amide bonds. The summed E-state index contributed by atoms with van der Waals surface area (Å²) in [5, 5.41) is 2.70. The van der Waals surface area contributed by atoms with Crippen molar-refractivity contribution >= 4 is 5.91 Å². The summed E-state index contributed by atoms with van der Waals surface area (Å²) >= 11 is 0. The summed E-state index contributed by atoms with van der Waals surface area (Å²) in [7, 11) is 5.31. The van der Waals surface area contributed by atoms with E-state index in [4.69, 9.17) is 4.74 Å². The number of amides is 1. The Morgan fingerprint density at radius 3 is 2.96 bits per heavy atom. The Kier molecular flexibility index (Phi) is 5.38. The average molecular weight is 342 g/mol. The molecule has 0 aliphatic carbocycles. The Morgan fingerprint density at radius 2 is 2.20 bits per heavy atom. The van der Waals surface area contributed by atoms with Crippen molar-refractivity contribution in [3.8, 4) is 5.75 Å². The number of piperidine rings is 1. The van der Waals surface area contributed by atoms with E-state index in [1.165, 1.54) is 18.5 Å². The molecule has 25 heavy (non-hydrogen) atoms. The topological polar surface area (TPSA) is 59.4 Å². The van der Waals surface area contributed by atoms with Crippen molar-refractivity contribution in [2.75, 3.05) is 20.7 Å². The third-order valence-electron chi connectivity index (χ3n) is 4.96. The smallest absolute Gasteiger partial charge is 0.267 e. The quantitative estimate of drug-likeness (QED) is 0.907. The second kappa shape index (κ2) is 7.70. The van der Waals surface area contributed by atoms with Gasteiger partial charge < -0.3 is 14.6 Å². The fourth-order valence-electron chi connectivity index (χ4n) is 3.61. The van der Waals surface area contributed by atoms with Crippen LogP contribution in [0.2, 0.25) is 0 Å². The normalized spacial score (nSPS) is 18.1. The second-order valence-corrected chi connectivity index (χ2v) is 6.45. The third kappa shape index (κ3) is 3.69. The number of hydrogen-bond acceptors (Lipinski definition) is 4. The van der Waals surface area contributed by atoms with Crippen LogP contribution in [0.1, 0.15) is 47.2 Å². The van der Waals surface area contributed by atoms with Crippen LogP contribution in [0.25, 0.3) is 0 Å². The van der Waals surface area contributed by atoms with Gasteiger partial charge in [0, 0.05) is 38.6 Å². The minimum Gasteiger partial charge on any atom is -0.497 e. The molecular formula is C19H26N4O2. The summed E-state index contributed by atoms with van der Waals surface area (Å²) in [6.45, 7) is 1.81. The summed E-state index contributed by atoms with van der Waals surface area (Å²) in [6.07, 6.45) is 5.27. The summed E-state index contributed by atoms with van der Waals surface area (Å²) in [5.41, 5.74) is 2.88. The lowest BCUT2D eigenvalue weighted by molar-refractivity contribution is 0.0952. The van der Waals surface area contributed by atoms with Gasteiger partial charge in [-0.15, -0.1) is 0 Å². The van der Waals surface area contributed by atoms with Crippen LogP contribution >= 0.6 is 0 Å². The Labute approximate surface area is 148 Å². The van der Waals surface area contributed by atoms with Crippen LogP contribution < -0.4 is 10.1 Å². The lowest BCUT2D eigenvalue weighted by Gasteiger charge is -2.36. The minimum absolute atomic E-state index is 0.0504. The van der Waals surface area contributed by atoms with E-state index >= 15 is 0 Å². The lowest BCUT2D eigenvalue weighted by Crippen LogP contribution is -2.34. The van der Waals surface area contributed by atoms with Crippen molar-refractivity contribution in [3.05, 3.63) is 47.5 Å². The van der Waals surface area contributed by atoms with Gasteiger partial charge in [-0.05, 0) is 37.6 Å². The predicted molar refractivity (Wildman–Crippen MR) is 96.6 cm³/mol. The van der Waals surface area contributed by atoms with Crippen molar-refractivity contribution in [2.45, 2.75) is 31.8 Å². The summed E-state index contributed by atoms with van der Waals surface area (Å²) < 4.78 is 7.32. The molecule has 3 heterocycles. The zero-order valence-corrected chi connectivity index (χ0v) is 15.2. The molecule has 0 radical (unpaired) electrons. The fourth-order valence-corrected chi connectivity index (χ4v) is 3.61. The maximum atomic E-state index is 12.0. The number of likely N-dealkylation sites (tertiary alicyclic amines) is 1. The first-order valence-electron chi connectivity index (χ1n) is 8.74. The Bertz CT molecular complexity index is 741. The van der Waals surface area contributed by atoms with Gasteiger partial charge in [-0.2, -0.15) is 0 Å². The molecule has 2 aromatic rings. The Balaban J connectivity index is 1.84. The molecule has 0 saturated carbocycles. The maximum Gasteiger partial charge on any atom is 0.267 e. The Morgan fingerprint density at radius 1 is 1.36 bits per heavy atom. The molecule has 1 atom stereocenters. The SMILES string of the molecule is CNC(=O)c1ccc(C2CCCCN2Cc2cc(OC)ccn2)n1C. The highest BCUT2D eigenvalue weighted by molar-refractivity contribution is 5.92. The van der Waals surface area contributed by atoms with Gasteiger partial charge in [-0.1, -0.05) is 6.42 Å². The molecule has 1 N–H and O–H groups in total. The molecule has 3 rings (SSSR count). The zero-order valence-electron chi connectivity index (χ0n) is 15.2. The molecule has 134 valence electrons. The number of carbonyl (C=O) groups excluding carboxylic acids is 1. The number of aromatic nitrogens is 2. The standard InChI is InChI=1S/C19H26N4O2/c1-20-19(24)18-8-7-16(22(18)2)17-6-4-5-11-23(17)13-14-12-15(25-3)9-10-21-14/h7-10,12,17H,4-6,11,13H2,1-3H3,(H,20,24). The fraction of sp³-hybridized carbons (Fsp3) is 0.474. The molecule has 6 heteroatoms. The van der Waals surface area contributed by atoms with Crippen LogP contribution in [0.5, 0.6) is 5.75 Å². The van der Waals surface area contributed by atoms with Crippen molar-refractivity contribution < 1.29 is 9.53 Å². The van der Waals surface area contributed by atoms with Crippen LogP contribution in [0.15, 0.2) is 30.5 Å². The third-order valence-corrected chi connectivity index (χ3v) is 4.96. The van der Waals surface area contributed by atoms with Gasteiger partial charge in [-0.25, -0.2) is 0 Å². The number of nitrogens with one attached hydrogen (secondary N) is 1. The largest absolute Gasteiger partial charge is 0.497 e. The van der Waals surface area contributed by atoms with Crippen LogP contribution in [-0.4, -0.2) is 41.1 Å². The van der Waals surface area contributed by atoms with E-state index in [1.807, 2.05) is 29.8 Å². The molecule has 2 aromatic heterocycles. The first-order valence-corrected chi connectivity index (χ1v) is 8.74. The molecule has 1 saturated heterocycles. The summed E-state index contributed by atoms with van der Waals surface area (Å²) in [4.78, 5) is 18.9. The van der Waals surface area contributed by atoms with Gasteiger partial charge in [0.2, 0.25) is 0 Å². The van der Waals surface area contributed by atoms with Crippen LogP contribution in [0.4, 0.5) is 0 Å². The monoisotopic (exact) mass is 342 g/mol. The number of methoxy groups -OCH3 is 1. The number of pyridine rings is 1. The van der Waals surface area contributed by atoms with E-state index in [2.05, 4.69) is 21.3 Å². The van der Waals surface area contributed by atoms with E-state index in [-0.39, 0.29) is 5.91 Å². The number of rotatable bonds is 5. The van der Waals surface area contributed by atoms with Crippen molar-refractivity contribution in [3.63, 3.8) is 0 Å². The van der Waals surface area contributed by atoms with Gasteiger partial charge in [0.25, 0.3) is 5.91 Å². The lowest BCUT2D eigenvalue weighted by atomic mass is 9.99. The molecular weight excluding hydrogens is 316 g/mol. The van der Waals surface area contributed by atoms with Crippen molar-refractivity contribution in [1.82, 2.24) is 19.8 Å². The Hall–Kier alpha value is -2.34. The van der Waals surface area contributed by atoms with Crippen molar-refractivity contribution in [2.24, 2.45) is 7.05 Å². The predicted octanol–water partition coefficient (Wildman–Crippen LogP) is 2.52. The van der Waals surface area contributed by atoms with E-state index in [0.29, 0.717) is 11.7 Å². The minimum atomic E-state index is -0.0504. The second-order valence-electron chi connectivity index (χ2n) is 6.45. The van der Waals surface area contributed by atoms with Crippen LogP contribution in [-0.2, 0) is 13.6 Å². The molecule has 6 nitrogen and oxygen atoms in total. The highest BCUT2D eigenvalue weighted by Crippen LogP contribution is 2.33. The number of nitrogens with zero attached hydrogens (tertiary/aromatic N) is 3. The van der Waals surface area contributed by atoms with Gasteiger partial charge in [0.1, 0.15) is 11.4 Å². The number of carbonyl (C=O) groups is 1. The molecule has 0 aromatic carbocycles. The van der Waals surface area contributed by atoms with E-state index in [0.717, 1.165) is 31.0 Å². The number of hydrogen-bond donors (Lipinski definition) is 1. The first-order chi connectivity index (χ1) is 12.1. The zero-order chi connectivity index (χ0) is 17.8.